The minimum absolute atomic E-state index is 0.0448. The molecule has 0 bridgehead atoms. The van der Waals surface area contributed by atoms with E-state index >= 15 is 0 Å². The largest absolute Gasteiger partial charge is 0.496 e. The maximum atomic E-state index is 13.7. The molecular formula is C32H46N4O4. The lowest BCUT2D eigenvalue weighted by molar-refractivity contribution is -0.115. The van der Waals surface area contributed by atoms with E-state index in [1.54, 1.807) is 14.2 Å². The van der Waals surface area contributed by atoms with Crippen LogP contribution in [0.15, 0.2) is 35.2 Å². The fourth-order valence-corrected chi connectivity index (χ4v) is 6.54. The van der Waals surface area contributed by atoms with Crippen LogP contribution in [0.1, 0.15) is 74.7 Å². The highest BCUT2D eigenvalue weighted by Crippen LogP contribution is 2.38. The van der Waals surface area contributed by atoms with Crippen molar-refractivity contribution < 1.29 is 19.1 Å². The van der Waals surface area contributed by atoms with E-state index < -0.39 is 0 Å². The van der Waals surface area contributed by atoms with Crippen molar-refractivity contribution in [3.63, 3.8) is 0 Å². The standard InChI is InChI=1S/C32H46N4O4/c1-8-36(24-11-9-23(10-12-24)34(4)15-16-39-6)32-22(3)26(19-28-27(32)20-33-35(28)5)29(37)14-13-25-30(38)17-21(2)18-31(25)40-7/h18-20,23-24H,8-17H2,1-7H3. The number of hydrogen-bond acceptors (Lipinski definition) is 7. The average Bonchev–Trinajstić information content (AvgIpc) is 3.31. The van der Waals surface area contributed by atoms with E-state index in [1.165, 1.54) is 0 Å². The number of aromatic nitrogens is 2. The number of carbonyl (C=O) groups excluding carboxylic acids is 2. The lowest BCUT2D eigenvalue weighted by atomic mass is 9.87. The zero-order valence-corrected chi connectivity index (χ0v) is 25.4. The normalized spacial score (nSPS) is 19.9. The Morgan fingerprint density at radius 1 is 1.15 bits per heavy atom. The zero-order chi connectivity index (χ0) is 29.0. The van der Waals surface area contributed by atoms with E-state index in [4.69, 9.17) is 9.47 Å². The van der Waals surface area contributed by atoms with Gasteiger partial charge in [-0.1, -0.05) is 5.57 Å². The molecular weight excluding hydrogens is 504 g/mol. The number of allylic oxidation sites excluding steroid dienone is 3. The first-order valence-electron chi connectivity index (χ1n) is 14.6. The molecule has 2 aliphatic carbocycles. The average molecular weight is 551 g/mol. The molecule has 0 N–H and O–H groups in total. The van der Waals surface area contributed by atoms with Gasteiger partial charge in [0, 0.05) is 68.7 Å². The molecule has 1 saturated carbocycles. The molecule has 0 amide bonds. The van der Waals surface area contributed by atoms with Crippen molar-refractivity contribution in [3.8, 4) is 0 Å². The topological polar surface area (TPSA) is 76.9 Å². The molecule has 1 aromatic heterocycles. The summed E-state index contributed by atoms with van der Waals surface area (Å²) in [5.41, 5.74) is 5.39. The number of ether oxygens (including phenoxy) is 2. The monoisotopic (exact) mass is 550 g/mol. The van der Waals surface area contributed by atoms with Gasteiger partial charge in [0.15, 0.2) is 11.6 Å². The number of benzene rings is 1. The van der Waals surface area contributed by atoms with Gasteiger partial charge in [-0.3, -0.25) is 14.3 Å². The Hall–Kier alpha value is -2.97. The fourth-order valence-electron chi connectivity index (χ4n) is 6.54. The molecule has 0 radical (unpaired) electrons. The Balaban J connectivity index is 1.60. The van der Waals surface area contributed by atoms with Crippen LogP contribution in [0.2, 0.25) is 0 Å². The number of carbonyl (C=O) groups is 2. The van der Waals surface area contributed by atoms with Crippen molar-refractivity contribution in [2.75, 3.05) is 45.9 Å². The second-order valence-electron chi connectivity index (χ2n) is 11.4. The molecule has 1 aromatic carbocycles. The van der Waals surface area contributed by atoms with Crippen molar-refractivity contribution in [2.24, 2.45) is 7.05 Å². The fraction of sp³-hybridized carbons (Fsp3) is 0.594. The Labute approximate surface area is 239 Å². The zero-order valence-electron chi connectivity index (χ0n) is 25.4. The molecule has 0 unspecified atom stereocenters. The Morgan fingerprint density at radius 2 is 1.85 bits per heavy atom. The summed E-state index contributed by atoms with van der Waals surface area (Å²) in [6.45, 7) is 8.77. The molecule has 1 fully saturated rings. The van der Waals surface area contributed by atoms with Gasteiger partial charge >= 0.3 is 0 Å². The summed E-state index contributed by atoms with van der Waals surface area (Å²) in [5.74, 6) is 0.676. The predicted octanol–water partition coefficient (Wildman–Crippen LogP) is 5.38. The first-order chi connectivity index (χ1) is 19.2. The molecule has 2 aliphatic rings. The summed E-state index contributed by atoms with van der Waals surface area (Å²) in [4.78, 5) is 31.4. The highest BCUT2D eigenvalue weighted by atomic mass is 16.5. The first-order valence-corrected chi connectivity index (χ1v) is 14.6. The molecule has 1 heterocycles. The van der Waals surface area contributed by atoms with Crippen LogP contribution < -0.4 is 4.90 Å². The molecule has 0 atom stereocenters. The summed E-state index contributed by atoms with van der Waals surface area (Å²) < 4.78 is 12.6. The predicted molar refractivity (Wildman–Crippen MR) is 160 cm³/mol. The highest BCUT2D eigenvalue weighted by molar-refractivity contribution is 6.07. The minimum Gasteiger partial charge on any atom is -0.496 e. The summed E-state index contributed by atoms with van der Waals surface area (Å²) in [6.07, 6.45) is 9.38. The third-order valence-electron chi connectivity index (χ3n) is 8.86. The molecule has 0 spiro atoms. The summed E-state index contributed by atoms with van der Waals surface area (Å²) in [5, 5.41) is 5.65. The second-order valence-corrected chi connectivity index (χ2v) is 11.4. The van der Waals surface area contributed by atoms with Crippen molar-refractivity contribution >= 4 is 28.2 Å². The molecule has 40 heavy (non-hydrogen) atoms. The van der Waals surface area contributed by atoms with Crippen molar-refractivity contribution in [2.45, 2.75) is 77.8 Å². The van der Waals surface area contributed by atoms with E-state index in [-0.39, 0.29) is 18.0 Å². The number of aryl methyl sites for hydroxylation is 1. The smallest absolute Gasteiger partial charge is 0.166 e. The molecule has 8 heteroatoms. The molecule has 218 valence electrons. The van der Waals surface area contributed by atoms with Crippen molar-refractivity contribution in [3.05, 3.63) is 46.4 Å². The highest BCUT2D eigenvalue weighted by Gasteiger charge is 2.30. The van der Waals surface area contributed by atoms with E-state index in [2.05, 4.69) is 35.8 Å². The number of rotatable bonds is 12. The van der Waals surface area contributed by atoms with Gasteiger partial charge in [-0.25, -0.2) is 0 Å². The van der Waals surface area contributed by atoms with Crippen LogP contribution in [0.4, 0.5) is 5.69 Å². The number of Topliss-reactive ketones (excluding diaryl/α,β-unsaturated/α-hetero) is 2. The lowest BCUT2D eigenvalue weighted by Crippen LogP contribution is -2.44. The third kappa shape index (κ3) is 6.18. The Morgan fingerprint density at radius 3 is 2.50 bits per heavy atom. The number of ketones is 2. The van der Waals surface area contributed by atoms with Gasteiger partial charge in [0.05, 0.1) is 31.1 Å². The van der Waals surface area contributed by atoms with Crippen LogP contribution in [-0.4, -0.2) is 79.3 Å². The van der Waals surface area contributed by atoms with Crippen LogP contribution in [0.3, 0.4) is 0 Å². The lowest BCUT2D eigenvalue weighted by Gasteiger charge is -2.41. The molecule has 2 aromatic rings. The van der Waals surface area contributed by atoms with E-state index in [9.17, 15) is 9.59 Å². The second kappa shape index (κ2) is 13.1. The van der Waals surface area contributed by atoms with Crippen LogP contribution >= 0.6 is 0 Å². The third-order valence-corrected chi connectivity index (χ3v) is 8.86. The number of anilines is 1. The number of methoxy groups -OCH3 is 2. The Kier molecular flexibility index (Phi) is 9.85. The van der Waals surface area contributed by atoms with Gasteiger partial charge in [0.1, 0.15) is 5.76 Å². The van der Waals surface area contributed by atoms with E-state index in [0.29, 0.717) is 41.8 Å². The Bertz CT molecular complexity index is 1300. The number of fused-ring (bicyclic) bond motifs is 1. The molecule has 0 aliphatic heterocycles. The van der Waals surface area contributed by atoms with Crippen LogP contribution in [0.5, 0.6) is 0 Å². The van der Waals surface area contributed by atoms with Crippen molar-refractivity contribution in [1.82, 2.24) is 14.7 Å². The van der Waals surface area contributed by atoms with Crippen molar-refractivity contribution in [1.29, 1.82) is 0 Å². The van der Waals surface area contributed by atoms with E-state index in [1.807, 2.05) is 37.0 Å². The van der Waals surface area contributed by atoms with Crippen LogP contribution in [-0.2, 0) is 21.3 Å². The maximum Gasteiger partial charge on any atom is 0.166 e. The van der Waals surface area contributed by atoms with Gasteiger partial charge in [-0.15, -0.1) is 0 Å². The van der Waals surface area contributed by atoms with Gasteiger partial charge in [-0.05, 0) is 77.6 Å². The number of nitrogens with zero attached hydrogens (tertiary/aromatic N) is 4. The van der Waals surface area contributed by atoms with E-state index in [0.717, 1.165) is 73.1 Å². The summed E-state index contributed by atoms with van der Waals surface area (Å²) >= 11 is 0. The maximum absolute atomic E-state index is 13.7. The summed E-state index contributed by atoms with van der Waals surface area (Å²) in [6, 6.07) is 2.97. The van der Waals surface area contributed by atoms with Crippen LogP contribution in [0, 0.1) is 6.92 Å². The number of hydrogen-bond donors (Lipinski definition) is 0. The minimum atomic E-state index is 0.0448. The van der Waals surface area contributed by atoms with Gasteiger partial charge in [0.2, 0.25) is 0 Å². The SMILES string of the molecule is CCN(c1c(C)c(C(=O)CCC2=C(OC)C=C(C)CC2=O)cc2c1cnn2C)C1CCC(N(C)CCOC)CC1. The first kappa shape index (κ1) is 30.0. The summed E-state index contributed by atoms with van der Waals surface area (Å²) in [7, 11) is 7.46. The van der Waals surface area contributed by atoms with Crippen LogP contribution in [0.25, 0.3) is 10.9 Å². The van der Waals surface area contributed by atoms with Gasteiger partial charge < -0.3 is 19.3 Å². The number of likely N-dealkylation sites (N-methyl/N-ethyl adjacent to an activating group) is 1. The van der Waals surface area contributed by atoms with Gasteiger partial charge in [0.25, 0.3) is 0 Å². The molecule has 4 rings (SSSR count). The molecule has 8 nitrogen and oxygen atoms in total. The molecule has 0 saturated heterocycles. The quantitative estimate of drug-likeness (QED) is 0.329. The van der Waals surface area contributed by atoms with Gasteiger partial charge in [-0.2, -0.15) is 5.10 Å².